The summed E-state index contributed by atoms with van der Waals surface area (Å²) in [6.07, 6.45) is 1.54. The van der Waals surface area contributed by atoms with Gasteiger partial charge in [-0.1, -0.05) is 30.3 Å². The van der Waals surface area contributed by atoms with Crippen LogP contribution in [0.4, 0.5) is 0 Å². The van der Waals surface area contributed by atoms with Crippen molar-refractivity contribution in [1.29, 1.82) is 0 Å². The third kappa shape index (κ3) is 6.35. The molecular weight excluding hydrogens is 470 g/mol. The number of amides is 1. The van der Waals surface area contributed by atoms with Crippen molar-refractivity contribution in [2.24, 2.45) is 12.1 Å². The minimum Gasteiger partial charge on any atom is -0.489 e. The van der Waals surface area contributed by atoms with Crippen LogP contribution in [0, 0.1) is 6.92 Å². The minimum absolute atomic E-state index is 0.227. The largest absolute Gasteiger partial charge is 0.489 e. The van der Waals surface area contributed by atoms with E-state index in [0.717, 1.165) is 28.1 Å². The fourth-order valence-corrected chi connectivity index (χ4v) is 3.85. The Morgan fingerprint density at radius 3 is 2.43 bits per heavy atom. The number of aromatic nitrogens is 1. The zero-order chi connectivity index (χ0) is 26.2. The van der Waals surface area contributed by atoms with Crippen LogP contribution in [0.5, 0.6) is 11.5 Å². The Labute approximate surface area is 215 Å². The summed E-state index contributed by atoms with van der Waals surface area (Å²) in [5.41, 5.74) is 6.53. The molecule has 37 heavy (non-hydrogen) atoms. The second-order valence-corrected chi connectivity index (χ2v) is 8.34. The summed E-state index contributed by atoms with van der Waals surface area (Å²) < 4.78 is 18.5. The van der Waals surface area contributed by atoms with Crippen molar-refractivity contribution in [2.75, 3.05) is 13.2 Å². The smallest absolute Gasteiger partial charge is 0.340 e. The van der Waals surface area contributed by atoms with Crippen LogP contribution in [0.25, 0.3) is 10.9 Å². The number of hydrazone groups is 1. The molecule has 1 amide bonds. The maximum Gasteiger partial charge on any atom is 0.340 e. The molecule has 8 heteroatoms. The van der Waals surface area contributed by atoms with E-state index in [9.17, 15) is 9.59 Å². The number of fused-ring (bicyclic) bond motifs is 1. The van der Waals surface area contributed by atoms with Crippen LogP contribution < -0.4 is 14.9 Å². The molecule has 1 N–H and O–H groups in total. The first kappa shape index (κ1) is 25.5. The summed E-state index contributed by atoms with van der Waals surface area (Å²) in [6, 6.07) is 22.7. The minimum atomic E-state index is -0.408. The Bertz CT molecular complexity index is 1410. The van der Waals surface area contributed by atoms with Gasteiger partial charge in [0.2, 0.25) is 0 Å². The van der Waals surface area contributed by atoms with E-state index in [1.807, 2.05) is 79.2 Å². The summed E-state index contributed by atoms with van der Waals surface area (Å²) >= 11 is 0. The molecule has 0 fully saturated rings. The van der Waals surface area contributed by atoms with Gasteiger partial charge >= 0.3 is 5.97 Å². The number of hydrogen-bond acceptors (Lipinski definition) is 6. The van der Waals surface area contributed by atoms with Gasteiger partial charge in [-0.15, -0.1) is 0 Å². The van der Waals surface area contributed by atoms with Gasteiger partial charge in [-0.3, -0.25) is 4.79 Å². The summed E-state index contributed by atoms with van der Waals surface area (Å²) in [5, 5.41) is 4.70. The lowest BCUT2D eigenvalue weighted by molar-refractivity contribution is -0.123. The highest BCUT2D eigenvalue weighted by atomic mass is 16.5. The Balaban J connectivity index is 1.30. The summed E-state index contributed by atoms with van der Waals surface area (Å²) in [5.74, 6) is 0.420. The van der Waals surface area contributed by atoms with Gasteiger partial charge in [0.15, 0.2) is 6.61 Å². The molecule has 1 heterocycles. The van der Waals surface area contributed by atoms with E-state index in [4.69, 9.17) is 14.2 Å². The molecule has 190 valence electrons. The number of nitrogens with one attached hydrogen (secondary N) is 1. The Hall–Kier alpha value is -4.59. The van der Waals surface area contributed by atoms with Crippen LogP contribution in [-0.2, 0) is 23.2 Å². The number of ether oxygens (including phenoxy) is 3. The molecule has 0 saturated carbocycles. The van der Waals surface area contributed by atoms with Crippen LogP contribution in [0.15, 0.2) is 77.9 Å². The zero-order valence-corrected chi connectivity index (χ0v) is 21.1. The van der Waals surface area contributed by atoms with Gasteiger partial charge in [-0.25, -0.2) is 10.2 Å². The molecule has 3 aromatic carbocycles. The average molecular weight is 500 g/mol. The normalized spacial score (nSPS) is 11.0. The number of esters is 1. The highest BCUT2D eigenvalue weighted by Crippen LogP contribution is 2.29. The van der Waals surface area contributed by atoms with E-state index in [-0.39, 0.29) is 19.2 Å². The van der Waals surface area contributed by atoms with Crippen LogP contribution >= 0.6 is 0 Å². The molecule has 0 saturated heterocycles. The van der Waals surface area contributed by atoms with E-state index >= 15 is 0 Å². The standard InChI is InChI=1S/C29H29N3O5/c1-4-35-29(34)28-20(2)32(3)26-15-14-24(16-25(26)28)37-19-27(33)31-30-17-21-10-12-23(13-11-21)36-18-22-8-6-5-7-9-22/h5-17H,4,18-19H2,1-3H3,(H,31,33)/b30-17-. The maximum absolute atomic E-state index is 12.5. The number of carbonyl (C=O) groups excluding carboxylic acids is 2. The number of nitrogens with zero attached hydrogens (tertiary/aromatic N) is 2. The number of hydrogen-bond donors (Lipinski definition) is 1. The molecule has 0 bridgehead atoms. The van der Waals surface area contributed by atoms with Crippen molar-refractivity contribution in [3.05, 3.63) is 95.2 Å². The first-order valence-electron chi connectivity index (χ1n) is 11.9. The van der Waals surface area contributed by atoms with Crippen LogP contribution in [0.2, 0.25) is 0 Å². The van der Waals surface area contributed by atoms with Gasteiger partial charge in [-0.2, -0.15) is 5.10 Å². The van der Waals surface area contributed by atoms with Crippen molar-refractivity contribution in [2.45, 2.75) is 20.5 Å². The third-order valence-corrected chi connectivity index (χ3v) is 5.84. The van der Waals surface area contributed by atoms with Gasteiger partial charge in [0.05, 0.1) is 18.4 Å². The Morgan fingerprint density at radius 1 is 0.973 bits per heavy atom. The van der Waals surface area contributed by atoms with E-state index in [1.54, 1.807) is 25.3 Å². The molecule has 1 aromatic heterocycles. The maximum atomic E-state index is 12.5. The SMILES string of the molecule is CCOC(=O)c1c(C)n(C)c2ccc(OCC(=O)N/N=C\c3ccc(OCc4ccccc4)cc3)cc12. The fourth-order valence-electron chi connectivity index (χ4n) is 3.85. The zero-order valence-electron chi connectivity index (χ0n) is 21.1. The molecule has 4 aromatic rings. The first-order chi connectivity index (χ1) is 18.0. The average Bonchev–Trinajstić information content (AvgIpc) is 3.16. The second kappa shape index (κ2) is 11.9. The molecule has 0 aliphatic heterocycles. The summed E-state index contributed by atoms with van der Waals surface area (Å²) in [6.45, 7) is 4.19. The molecule has 4 rings (SSSR count). The number of benzene rings is 3. The first-order valence-corrected chi connectivity index (χ1v) is 11.9. The Morgan fingerprint density at radius 2 is 1.70 bits per heavy atom. The predicted molar refractivity (Wildman–Crippen MR) is 142 cm³/mol. The van der Waals surface area contributed by atoms with Crippen molar-refractivity contribution >= 4 is 29.0 Å². The molecule has 0 spiro atoms. The molecule has 0 radical (unpaired) electrons. The molecule has 0 unspecified atom stereocenters. The molecular formula is C29H29N3O5. The van der Waals surface area contributed by atoms with E-state index in [1.165, 1.54) is 0 Å². The number of carbonyl (C=O) groups is 2. The quantitative estimate of drug-likeness (QED) is 0.193. The van der Waals surface area contributed by atoms with Crippen LogP contribution in [-0.4, -0.2) is 35.9 Å². The molecule has 0 aliphatic rings. The van der Waals surface area contributed by atoms with Crippen molar-refractivity contribution < 1.29 is 23.8 Å². The predicted octanol–water partition coefficient (Wildman–Crippen LogP) is 4.77. The molecule has 0 aliphatic carbocycles. The van der Waals surface area contributed by atoms with Gasteiger partial charge in [0.1, 0.15) is 18.1 Å². The van der Waals surface area contributed by atoms with Crippen molar-refractivity contribution in [3.63, 3.8) is 0 Å². The second-order valence-electron chi connectivity index (χ2n) is 8.34. The van der Waals surface area contributed by atoms with E-state index in [2.05, 4.69) is 10.5 Å². The van der Waals surface area contributed by atoms with Gasteiger partial charge < -0.3 is 18.8 Å². The monoisotopic (exact) mass is 499 g/mol. The van der Waals surface area contributed by atoms with Gasteiger partial charge in [0.25, 0.3) is 5.91 Å². The fraction of sp³-hybridized carbons (Fsp3) is 0.207. The van der Waals surface area contributed by atoms with Gasteiger partial charge in [-0.05, 0) is 67.4 Å². The van der Waals surface area contributed by atoms with Crippen molar-refractivity contribution in [1.82, 2.24) is 9.99 Å². The summed E-state index contributed by atoms with van der Waals surface area (Å²) in [7, 11) is 1.89. The lowest BCUT2D eigenvalue weighted by Crippen LogP contribution is -2.24. The van der Waals surface area contributed by atoms with Crippen LogP contribution in [0.1, 0.15) is 34.1 Å². The number of aryl methyl sites for hydroxylation is 1. The van der Waals surface area contributed by atoms with Crippen molar-refractivity contribution in [3.8, 4) is 11.5 Å². The van der Waals surface area contributed by atoms with Gasteiger partial charge in [0, 0.05) is 23.6 Å². The van der Waals surface area contributed by atoms with Crippen LogP contribution in [0.3, 0.4) is 0 Å². The lowest BCUT2D eigenvalue weighted by atomic mass is 10.1. The van der Waals surface area contributed by atoms with E-state index < -0.39 is 5.91 Å². The lowest BCUT2D eigenvalue weighted by Gasteiger charge is -2.07. The highest BCUT2D eigenvalue weighted by Gasteiger charge is 2.20. The molecule has 0 atom stereocenters. The highest BCUT2D eigenvalue weighted by molar-refractivity contribution is 6.06. The van der Waals surface area contributed by atoms with E-state index in [0.29, 0.717) is 23.3 Å². The molecule has 8 nitrogen and oxygen atoms in total. The third-order valence-electron chi connectivity index (χ3n) is 5.84. The topological polar surface area (TPSA) is 91.2 Å². The Kier molecular flexibility index (Phi) is 8.20. The number of rotatable bonds is 10. The summed E-state index contributed by atoms with van der Waals surface area (Å²) in [4.78, 5) is 24.7.